The fourth-order valence-corrected chi connectivity index (χ4v) is 2.39. The molecule has 1 aliphatic rings. The van der Waals surface area contributed by atoms with E-state index >= 15 is 0 Å². The lowest BCUT2D eigenvalue weighted by Crippen LogP contribution is -2.39. The number of rotatable bonds is 2. The smallest absolute Gasteiger partial charge is 0.0300 e. The van der Waals surface area contributed by atoms with Crippen molar-refractivity contribution in [2.24, 2.45) is 16.7 Å². The fourth-order valence-electron chi connectivity index (χ4n) is 2.39. The zero-order valence-corrected chi connectivity index (χ0v) is 9.41. The lowest BCUT2D eigenvalue weighted by atomic mass is 9.56. The van der Waals surface area contributed by atoms with Crippen LogP contribution in [0.3, 0.4) is 0 Å². The molecule has 0 nitrogen and oxygen atoms in total. The van der Waals surface area contributed by atoms with Crippen LogP contribution in [-0.4, -0.2) is 0 Å². The van der Waals surface area contributed by atoms with Gasteiger partial charge in [0.15, 0.2) is 0 Å². The quantitative estimate of drug-likeness (QED) is 0.578. The molecule has 0 amide bonds. The van der Waals surface area contributed by atoms with E-state index < -0.39 is 0 Å². The van der Waals surface area contributed by atoms with Crippen LogP contribution in [-0.2, 0) is 0 Å². The minimum atomic E-state index is 0.529. The van der Waals surface area contributed by atoms with Crippen molar-refractivity contribution in [3.05, 3.63) is 0 Å². The summed E-state index contributed by atoms with van der Waals surface area (Å²) in [6.45, 7) is 11.9. The van der Waals surface area contributed by atoms with Gasteiger partial charge in [0.25, 0.3) is 0 Å². The standard InChI is InChI=1S/C12H24/c1-6-12(5)8-7-10(12)9-11(2,3)4/h10H,6-9H2,1-5H3. The highest BCUT2D eigenvalue weighted by molar-refractivity contribution is 4.92. The van der Waals surface area contributed by atoms with Crippen molar-refractivity contribution < 1.29 is 0 Å². The van der Waals surface area contributed by atoms with Crippen molar-refractivity contribution in [1.29, 1.82) is 0 Å². The third-order valence-corrected chi connectivity index (χ3v) is 3.72. The lowest BCUT2D eigenvalue weighted by molar-refractivity contribution is 0.0147. The Kier molecular flexibility index (Phi) is 2.56. The summed E-state index contributed by atoms with van der Waals surface area (Å²) in [5, 5.41) is 0. The Morgan fingerprint density at radius 3 is 2.17 bits per heavy atom. The molecule has 1 fully saturated rings. The van der Waals surface area contributed by atoms with E-state index in [2.05, 4.69) is 34.6 Å². The SMILES string of the molecule is CCC1(C)CCC1CC(C)(C)C. The van der Waals surface area contributed by atoms with Gasteiger partial charge in [-0.25, -0.2) is 0 Å². The van der Waals surface area contributed by atoms with E-state index in [1.807, 2.05) is 0 Å². The molecule has 0 heteroatoms. The molecule has 1 rings (SSSR count). The molecule has 2 unspecified atom stereocenters. The van der Waals surface area contributed by atoms with Crippen molar-refractivity contribution in [2.75, 3.05) is 0 Å². The Morgan fingerprint density at radius 2 is 1.92 bits per heavy atom. The van der Waals surface area contributed by atoms with Crippen molar-refractivity contribution in [3.63, 3.8) is 0 Å². The van der Waals surface area contributed by atoms with Gasteiger partial charge in [-0.1, -0.05) is 41.0 Å². The molecule has 0 aromatic heterocycles. The Balaban J connectivity index is 2.45. The molecule has 2 atom stereocenters. The van der Waals surface area contributed by atoms with Gasteiger partial charge >= 0.3 is 0 Å². The highest BCUT2D eigenvalue weighted by Gasteiger charge is 2.42. The molecule has 1 aliphatic carbocycles. The maximum atomic E-state index is 2.47. The number of hydrogen-bond acceptors (Lipinski definition) is 0. The first-order valence-corrected chi connectivity index (χ1v) is 5.37. The van der Waals surface area contributed by atoms with Gasteiger partial charge in [0, 0.05) is 0 Å². The normalized spacial score (nSPS) is 36.2. The molecule has 0 bridgehead atoms. The van der Waals surface area contributed by atoms with Crippen molar-refractivity contribution in [1.82, 2.24) is 0 Å². The van der Waals surface area contributed by atoms with Crippen molar-refractivity contribution >= 4 is 0 Å². The van der Waals surface area contributed by atoms with E-state index in [9.17, 15) is 0 Å². The average Bonchev–Trinajstić information content (AvgIpc) is 1.95. The van der Waals surface area contributed by atoms with Gasteiger partial charge in [0.1, 0.15) is 0 Å². The molecule has 0 aromatic carbocycles. The van der Waals surface area contributed by atoms with Crippen LogP contribution in [0.4, 0.5) is 0 Å². The first kappa shape index (κ1) is 10.1. The molecule has 1 saturated carbocycles. The zero-order valence-electron chi connectivity index (χ0n) is 9.41. The van der Waals surface area contributed by atoms with Gasteiger partial charge in [0.05, 0.1) is 0 Å². The molecule has 0 spiro atoms. The van der Waals surface area contributed by atoms with Gasteiger partial charge in [-0.3, -0.25) is 0 Å². The Morgan fingerprint density at radius 1 is 1.33 bits per heavy atom. The molecule has 0 N–H and O–H groups in total. The maximum Gasteiger partial charge on any atom is -0.0300 e. The molecular formula is C12H24. The molecule has 72 valence electrons. The van der Waals surface area contributed by atoms with Gasteiger partial charge in [0.2, 0.25) is 0 Å². The van der Waals surface area contributed by atoms with E-state index in [1.165, 1.54) is 25.7 Å². The summed E-state index contributed by atoms with van der Waals surface area (Å²) in [4.78, 5) is 0. The Labute approximate surface area is 77.7 Å². The summed E-state index contributed by atoms with van der Waals surface area (Å²) in [6, 6.07) is 0. The summed E-state index contributed by atoms with van der Waals surface area (Å²) in [6.07, 6.45) is 5.72. The summed E-state index contributed by atoms with van der Waals surface area (Å²) >= 11 is 0. The molecule has 12 heavy (non-hydrogen) atoms. The molecule has 0 heterocycles. The zero-order chi connectivity index (χ0) is 9.41. The fraction of sp³-hybridized carbons (Fsp3) is 1.00. The average molecular weight is 168 g/mol. The van der Waals surface area contributed by atoms with Crippen molar-refractivity contribution in [2.45, 2.75) is 60.3 Å². The maximum absolute atomic E-state index is 2.47. The van der Waals surface area contributed by atoms with Crippen LogP contribution in [0.5, 0.6) is 0 Å². The Bertz CT molecular complexity index is 148. The molecule has 0 saturated heterocycles. The summed E-state index contributed by atoms with van der Waals surface area (Å²) in [5.74, 6) is 1.00. The van der Waals surface area contributed by atoms with Gasteiger partial charge in [-0.2, -0.15) is 0 Å². The van der Waals surface area contributed by atoms with E-state index in [-0.39, 0.29) is 0 Å². The molecule has 0 aromatic rings. The van der Waals surface area contributed by atoms with Gasteiger partial charge < -0.3 is 0 Å². The summed E-state index contributed by atoms with van der Waals surface area (Å²) in [7, 11) is 0. The van der Waals surface area contributed by atoms with Crippen LogP contribution in [0.2, 0.25) is 0 Å². The molecular weight excluding hydrogens is 144 g/mol. The highest BCUT2D eigenvalue weighted by atomic mass is 14.5. The third-order valence-electron chi connectivity index (χ3n) is 3.72. The monoisotopic (exact) mass is 168 g/mol. The van der Waals surface area contributed by atoms with Crippen LogP contribution in [0.15, 0.2) is 0 Å². The van der Waals surface area contributed by atoms with Gasteiger partial charge in [-0.15, -0.1) is 0 Å². The largest absolute Gasteiger partial charge is 0.0649 e. The highest BCUT2D eigenvalue weighted by Crippen LogP contribution is 2.53. The predicted molar refractivity (Wildman–Crippen MR) is 55.2 cm³/mol. The first-order valence-electron chi connectivity index (χ1n) is 5.37. The minimum absolute atomic E-state index is 0.529. The van der Waals surface area contributed by atoms with E-state index in [4.69, 9.17) is 0 Å². The van der Waals surface area contributed by atoms with E-state index in [0.717, 1.165) is 5.92 Å². The molecule has 0 radical (unpaired) electrons. The summed E-state index contributed by atoms with van der Waals surface area (Å²) < 4.78 is 0. The second-order valence-electron chi connectivity index (χ2n) is 6.01. The predicted octanol–water partition coefficient (Wildman–Crippen LogP) is 4.25. The summed E-state index contributed by atoms with van der Waals surface area (Å²) in [5.41, 5.74) is 1.22. The topological polar surface area (TPSA) is 0 Å². The van der Waals surface area contributed by atoms with Crippen LogP contribution in [0, 0.1) is 16.7 Å². The second-order valence-corrected chi connectivity index (χ2v) is 6.01. The van der Waals surface area contributed by atoms with Crippen LogP contribution in [0.1, 0.15) is 60.3 Å². The van der Waals surface area contributed by atoms with Crippen LogP contribution < -0.4 is 0 Å². The minimum Gasteiger partial charge on any atom is -0.0649 e. The van der Waals surface area contributed by atoms with Gasteiger partial charge in [-0.05, 0) is 36.0 Å². The van der Waals surface area contributed by atoms with Crippen molar-refractivity contribution in [3.8, 4) is 0 Å². The number of hydrogen-bond donors (Lipinski definition) is 0. The van der Waals surface area contributed by atoms with E-state index in [0.29, 0.717) is 10.8 Å². The van der Waals surface area contributed by atoms with Crippen LogP contribution >= 0.6 is 0 Å². The lowest BCUT2D eigenvalue weighted by Gasteiger charge is -2.49. The Hall–Kier alpha value is 0. The second kappa shape index (κ2) is 3.05. The van der Waals surface area contributed by atoms with Crippen LogP contribution in [0.25, 0.3) is 0 Å². The van der Waals surface area contributed by atoms with E-state index in [1.54, 1.807) is 0 Å². The first-order chi connectivity index (χ1) is 5.37. The molecule has 0 aliphatic heterocycles. The third kappa shape index (κ3) is 2.02.